The van der Waals surface area contributed by atoms with Gasteiger partial charge in [0.1, 0.15) is 6.61 Å². The lowest BCUT2D eigenvalue weighted by molar-refractivity contribution is -0.161. The van der Waals surface area contributed by atoms with Crippen LogP contribution in [-0.4, -0.2) is 53.3 Å². The Morgan fingerprint density at radius 1 is 0.627 bits per heavy atom. The summed E-state index contributed by atoms with van der Waals surface area (Å²) in [4.78, 5) is 42.7. The zero-order chi connectivity index (χ0) is 37.3. The highest BCUT2D eigenvalue weighted by Crippen LogP contribution is 2.36. The molecule has 9 nitrogen and oxygen atoms in total. The van der Waals surface area contributed by atoms with E-state index in [0.29, 0.717) is 31.5 Å². The fourth-order valence-corrected chi connectivity index (χ4v) is 5.47. The molecular weight excluding hydrogens is 667 g/mol. The number of hydrogen-bond donors (Lipinski definition) is 2. The zero-order valence-electron chi connectivity index (χ0n) is 31.4. The van der Waals surface area contributed by atoms with E-state index in [0.717, 1.165) is 51.4 Å². The van der Waals surface area contributed by atoms with Gasteiger partial charge in [-0.15, -0.1) is 0 Å². The average molecular weight is 735 g/mol. The molecule has 0 aromatic carbocycles. The fourth-order valence-electron chi connectivity index (χ4n) is 5.11. The Labute approximate surface area is 308 Å². The Morgan fingerprint density at radius 2 is 1.14 bits per heavy atom. The van der Waals surface area contributed by atoms with Crippen molar-refractivity contribution in [3.05, 3.63) is 72.9 Å². The van der Waals surface area contributed by atoms with Crippen LogP contribution in [0.25, 0.3) is 0 Å². The highest BCUT2D eigenvalue weighted by atomic mass is 31.2. The van der Waals surface area contributed by atoms with Crippen LogP contribution in [-0.2, 0) is 32.9 Å². The second-order valence-corrected chi connectivity index (χ2v) is 14.2. The van der Waals surface area contributed by atoms with E-state index in [4.69, 9.17) is 24.0 Å². The minimum Gasteiger partial charge on any atom is -0.462 e. The van der Waals surface area contributed by atoms with Gasteiger partial charge in [0, 0.05) is 12.8 Å². The van der Waals surface area contributed by atoms with Crippen molar-refractivity contribution in [1.29, 1.82) is 0 Å². The molecule has 3 atom stereocenters. The van der Waals surface area contributed by atoms with E-state index in [2.05, 4.69) is 79.1 Å². The van der Waals surface area contributed by atoms with Crippen molar-refractivity contribution in [3.8, 4) is 0 Å². The SMILES string of the molecule is CCCCC/C=C\C/C=C\C/C=C\CCCCC(=O)OC[C@H](COP(=O)(O)O)OC(=O)CCC/C=C\C/C=C\C/C=C\CC1OC1CCCCC. The van der Waals surface area contributed by atoms with Gasteiger partial charge in [0.15, 0.2) is 6.10 Å². The second-order valence-electron chi connectivity index (χ2n) is 12.9. The van der Waals surface area contributed by atoms with E-state index < -0.39 is 32.5 Å². The largest absolute Gasteiger partial charge is 0.469 e. The maximum Gasteiger partial charge on any atom is 0.469 e. The Balaban J connectivity index is 2.17. The van der Waals surface area contributed by atoms with E-state index in [1.54, 1.807) is 0 Å². The van der Waals surface area contributed by atoms with Gasteiger partial charge < -0.3 is 24.0 Å². The lowest BCUT2D eigenvalue weighted by atomic mass is 10.1. The first-order valence-corrected chi connectivity index (χ1v) is 20.9. The summed E-state index contributed by atoms with van der Waals surface area (Å²) in [6, 6.07) is 0. The van der Waals surface area contributed by atoms with Crippen molar-refractivity contribution in [3.63, 3.8) is 0 Å². The first-order chi connectivity index (χ1) is 24.7. The summed E-state index contributed by atoms with van der Waals surface area (Å²) in [6.45, 7) is 3.52. The van der Waals surface area contributed by atoms with E-state index in [1.165, 1.54) is 44.9 Å². The summed E-state index contributed by atoms with van der Waals surface area (Å²) in [5.41, 5.74) is 0. The van der Waals surface area contributed by atoms with Crippen LogP contribution < -0.4 is 0 Å². The van der Waals surface area contributed by atoms with E-state index in [9.17, 15) is 14.2 Å². The Bertz CT molecular complexity index is 1120. The third-order valence-corrected chi connectivity index (χ3v) is 8.61. The number of hydrogen-bond acceptors (Lipinski definition) is 7. The Morgan fingerprint density at radius 3 is 1.73 bits per heavy atom. The molecule has 2 unspecified atom stereocenters. The van der Waals surface area contributed by atoms with Crippen LogP contribution in [0.4, 0.5) is 0 Å². The first kappa shape index (κ1) is 46.5. The van der Waals surface area contributed by atoms with Crippen molar-refractivity contribution in [2.75, 3.05) is 13.2 Å². The number of ether oxygens (including phenoxy) is 3. The van der Waals surface area contributed by atoms with Gasteiger partial charge in [0.05, 0.1) is 18.8 Å². The molecule has 0 saturated carbocycles. The molecule has 0 aromatic heterocycles. The van der Waals surface area contributed by atoms with E-state index in [-0.39, 0.29) is 19.4 Å². The van der Waals surface area contributed by atoms with Crippen LogP contribution in [0.15, 0.2) is 72.9 Å². The van der Waals surface area contributed by atoms with Gasteiger partial charge in [-0.2, -0.15) is 0 Å². The molecule has 1 rings (SSSR count). The number of rotatable bonds is 33. The molecule has 1 aliphatic heterocycles. The molecule has 1 fully saturated rings. The van der Waals surface area contributed by atoms with Crippen LogP contribution >= 0.6 is 7.82 Å². The monoisotopic (exact) mass is 734 g/mol. The lowest BCUT2D eigenvalue weighted by Gasteiger charge is -2.18. The minimum absolute atomic E-state index is 0.120. The fraction of sp³-hybridized carbons (Fsp3) is 0.659. The predicted octanol–water partition coefficient (Wildman–Crippen LogP) is 10.5. The van der Waals surface area contributed by atoms with Gasteiger partial charge >= 0.3 is 19.8 Å². The average Bonchev–Trinajstić information content (AvgIpc) is 3.85. The molecule has 1 saturated heterocycles. The highest BCUT2D eigenvalue weighted by Gasteiger charge is 2.36. The zero-order valence-corrected chi connectivity index (χ0v) is 32.3. The van der Waals surface area contributed by atoms with Crippen LogP contribution in [0, 0.1) is 0 Å². The third kappa shape index (κ3) is 31.9. The van der Waals surface area contributed by atoms with Crippen molar-refractivity contribution in [1.82, 2.24) is 0 Å². The van der Waals surface area contributed by atoms with Crippen LogP contribution in [0.2, 0.25) is 0 Å². The molecule has 0 amide bonds. The number of phosphoric ester groups is 1. The number of carbonyl (C=O) groups excluding carboxylic acids is 2. The van der Waals surface area contributed by atoms with E-state index in [1.807, 2.05) is 12.2 Å². The summed E-state index contributed by atoms with van der Waals surface area (Å²) < 4.78 is 31.9. The van der Waals surface area contributed by atoms with E-state index >= 15 is 0 Å². The number of esters is 2. The number of allylic oxidation sites excluding steroid dienone is 11. The number of phosphoric acid groups is 1. The molecule has 0 bridgehead atoms. The molecule has 51 heavy (non-hydrogen) atoms. The van der Waals surface area contributed by atoms with Gasteiger partial charge in [0.2, 0.25) is 0 Å². The Hall–Kier alpha value is -2.55. The van der Waals surface area contributed by atoms with Crippen molar-refractivity contribution < 1.29 is 42.7 Å². The van der Waals surface area contributed by atoms with Gasteiger partial charge in [-0.25, -0.2) is 4.57 Å². The summed E-state index contributed by atoms with van der Waals surface area (Å²) in [5, 5.41) is 0. The predicted molar refractivity (Wildman–Crippen MR) is 206 cm³/mol. The molecule has 0 aliphatic carbocycles. The third-order valence-electron chi connectivity index (χ3n) is 8.12. The van der Waals surface area contributed by atoms with Gasteiger partial charge in [-0.1, -0.05) is 119 Å². The Kier molecular flexibility index (Phi) is 29.3. The van der Waals surface area contributed by atoms with Crippen molar-refractivity contribution >= 4 is 19.8 Å². The summed E-state index contributed by atoms with van der Waals surface area (Å²) >= 11 is 0. The summed E-state index contributed by atoms with van der Waals surface area (Å²) in [6.07, 6.45) is 43.8. The maximum atomic E-state index is 12.4. The quantitative estimate of drug-likeness (QED) is 0.0222. The lowest BCUT2D eigenvalue weighted by Crippen LogP contribution is -2.29. The first-order valence-electron chi connectivity index (χ1n) is 19.4. The maximum absolute atomic E-state index is 12.4. The number of carbonyl (C=O) groups is 2. The molecule has 1 aliphatic rings. The van der Waals surface area contributed by atoms with Gasteiger partial charge in [-0.05, 0) is 83.5 Å². The molecule has 1 heterocycles. The number of epoxide rings is 1. The smallest absolute Gasteiger partial charge is 0.462 e. The molecule has 0 aromatic rings. The highest BCUT2D eigenvalue weighted by molar-refractivity contribution is 7.46. The summed E-state index contributed by atoms with van der Waals surface area (Å²) in [5.74, 6) is -1.01. The molecular formula is C41H67O9P. The molecule has 290 valence electrons. The van der Waals surface area contributed by atoms with Gasteiger partial charge in [0.25, 0.3) is 0 Å². The molecule has 10 heteroatoms. The normalized spacial score (nSPS) is 17.3. The summed E-state index contributed by atoms with van der Waals surface area (Å²) in [7, 11) is -4.78. The topological polar surface area (TPSA) is 132 Å². The molecule has 0 spiro atoms. The van der Waals surface area contributed by atoms with Crippen molar-refractivity contribution in [2.45, 2.75) is 161 Å². The molecule has 2 N–H and O–H groups in total. The molecule has 0 radical (unpaired) electrons. The van der Waals surface area contributed by atoms with Crippen LogP contribution in [0.3, 0.4) is 0 Å². The minimum atomic E-state index is -4.78. The second kappa shape index (κ2) is 32.1. The van der Waals surface area contributed by atoms with Crippen LogP contribution in [0.1, 0.15) is 142 Å². The number of unbranched alkanes of at least 4 members (excludes halogenated alkanes) is 8. The standard InChI is InChI=1S/C41H67O9P/c1-3-5-7-8-9-10-11-12-13-14-15-19-22-25-29-33-40(42)47-35-37(36-48-51(44,45)46)49-41(43)34-30-26-23-20-17-16-18-21-24-28-32-39-38(50-39)31-27-6-4-2/h9-10,12-13,15-16,18-20,23-24,28,37-39H,3-8,11,14,17,21-22,25-27,29-36H2,1-2H3,(H2,44,45,46)/b10-9-,13-12-,18-16-,19-15-,23-20-,28-24-/t37-,38?,39?/m1/s1. The van der Waals surface area contributed by atoms with Gasteiger partial charge in [-0.3, -0.25) is 14.1 Å². The van der Waals surface area contributed by atoms with Crippen LogP contribution in [0.5, 0.6) is 0 Å². The van der Waals surface area contributed by atoms with Crippen molar-refractivity contribution in [2.24, 2.45) is 0 Å².